The van der Waals surface area contributed by atoms with Gasteiger partial charge in [0.2, 0.25) is 0 Å². The van der Waals surface area contributed by atoms with Crippen LogP contribution in [0.1, 0.15) is 35.8 Å². The number of aryl methyl sites for hydroxylation is 1. The first-order chi connectivity index (χ1) is 8.28. The molecule has 0 atom stereocenters. The van der Waals surface area contributed by atoms with Gasteiger partial charge in [-0.05, 0) is 31.4 Å². The molecule has 3 heteroatoms. The fraction of sp³-hybridized carbons (Fsp3) is 0.357. The summed E-state index contributed by atoms with van der Waals surface area (Å²) in [5, 5.41) is 0. The van der Waals surface area contributed by atoms with Gasteiger partial charge in [-0.25, -0.2) is 4.98 Å². The molecule has 1 aromatic carbocycles. The van der Waals surface area contributed by atoms with E-state index in [1.54, 1.807) is 0 Å². The van der Waals surface area contributed by atoms with Crippen LogP contribution < -0.4 is 5.73 Å². The lowest BCUT2D eigenvalue weighted by atomic mass is 10.1. The van der Waals surface area contributed by atoms with Gasteiger partial charge in [0.15, 0.2) is 0 Å². The first kappa shape index (κ1) is 10.5. The number of H-pyrrole nitrogens is 1. The lowest BCUT2D eigenvalue weighted by Crippen LogP contribution is -1.96. The molecule has 1 aliphatic carbocycles. The maximum atomic E-state index is 5.67. The smallest absolute Gasteiger partial charge is 0.110 e. The van der Waals surface area contributed by atoms with Crippen molar-refractivity contribution in [3.8, 4) is 11.3 Å². The van der Waals surface area contributed by atoms with Crippen LogP contribution in [0.5, 0.6) is 0 Å². The van der Waals surface area contributed by atoms with Gasteiger partial charge in [0.25, 0.3) is 0 Å². The van der Waals surface area contributed by atoms with Gasteiger partial charge in [-0.15, -0.1) is 0 Å². The molecule has 1 fully saturated rings. The number of aromatic amines is 1. The molecular weight excluding hydrogens is 210 g/mol. The summed E-state index contributed by atoms with van der Waals surface area (Å²) in [6.07, 6.45) is 2.55. The highest BCUT2D eigenvalue weighted by Gasteiger charge is 2.27. The summed E-state index contributed by atoms with van der Waals surface area (Å²) in [6, 6.07) is 8.31. The Balaban J connectivity index is 2.01. The predicted molar refractivity (Wildman–Crippen MR) is 68.6 cm³/mol. The van der Waals surface area contributed by atoms with Crippen LogP contribution in [0.2, 0.25) is 0 Å². The van der Waals surface area contributed by atoms with Crippen LogP contribution in [-0.4, -0.2) is 9.97 Å². The van der Waals surface area contributed by atoms with Crippen molar-refractivity contribution in [2.75, 3.05) is 0 Å². The number of rotatable bonds is 3. The Morgan fingerprint density at radius 1 is 1.41 bits per heavy atom. The van der Waals surface area contributed by atoms with Crippen LogP contribution >= 0.6 is 0 Å². The number of nitrogens with one attached hydrogen (secondary N) is 1. The summed E-state index contributed by atoms with van der Waals surface area (Å²) in [7, 11) is 0. The summed E-state index contributed by atoms with van der Waals surface area (Å²) in [4.78, 5) is 8.12. The molecule has 1 saturated carbocycles. The van der Waals surface area contributed by atoms with Gasteiger partial charge < -0.3 is 10.7 Å². The molecule has 0 aliphatic heterocycles. The zero-order valence-electron chi connectivity index (χ0n) is 10.0. The van der Waals surface area contributed by atoms with Crippen molar-refractivity contribution in [1.29, 1.82) is 0 Å². The van der Waals surface area contributed by atoms with E-state index in [2.05, 4.69) is 24.0 Å². The van der Waals surface area contributed by atoms with Gasteiger partial charge in [-0.1, -0.05) is 18.2 Å². The van der Waals surface area contributed by atoms with Crippen LogP contribution in [0.15, 0.2) is 24.3 Å². The zero-order chi connectivity index (χ0) is 11.8. The van der Waals surface area contributed by atoms with Crippen LogP contribution in [-0.2, 0) is 6.54 Å². The van der Waals surface area contributed by atoms with E-state index in [-0.39, 0.29) is 0 Å². The Labute approximate surface area is 101 Å². The molecular formula is C14H17N3. The van der Waals surface area contributed by atoms with Gasteiger partial charge in [-0.2, -0.15) is 0 Å². The highest BCUT2D eigenvalue weighted by atomic mass is 14.9. The quantitative estimate of drug-likeness (QED) is 0.847. The molecule has 1 heterocycles. The predicted octanol–water partition coefficient (Wildman–Crippen LogP) is 2.72. The molecule has 0 unspecified atom stereocenters. The summed E-state index contributed by atoms with van der Waals surface area (Å²) < 4.78 is 0. The monoisotopic (exact) mass is 227 g/mol. The van der Waals surface area contributed by atoms with Crippen molar-refractivity contribution in [2.45, 2.75) is 32.2 Å². The number of nitrogens with zero attached hydrogens (tertiary/aromatic N) is 1. The highest BCUT2D eigenvalue weighted by Crippen LogP contribution is 2.39. The highest BCUT2D eigenvalue weighted by molar-refractivity contribution is 5.63. The van der Waals surface area contributed by atoms with Crippen molar-refractivity contribution in [1.82, 2.24) is 9.97 Å². The molecule has 3 nitrogen and oxygen atoms in total. The lowest BCUT2D eigenvalue weighted by molar-refractivity contribution is 0.969. The summed E-state index contributed by atoms with van der Waals surface area (Å²) >= 11 is 0. The Morgan fingerprint density at radius 3 is 2.94 bits per heavy atom. The lowest BCUT2D eigenvalue weighted by Gasteiger charge is -2.01. The van der Waals surface area contributed by atoms with Crippen LogP contribution in [0.3, 0.4) is 0 Å². The Morgan fingerprint density at radius 2 is 2.24 bits per heavy atom. The minimum Gasteiger partial charge on any atom is -0.345 e. The molecule has 2 aromatic rings. The summed E-state index contributed by atoms with van der Waals surface area (Å²) in [6.45, 7) is 2.66. The maximum Gasteiger partial charge on any atom is 0.110 e. The zero-order valence-corrected chi connectivity index (χ0v) is 10.0. The van der Waals surface area contributed by atoms with Gasteiger partial charge >= 0.3 is 0 Å². The van der Waals surface area contributed by atoms with E-state index in [4.69, 9.17) is 10.7 Å². The summed E-state index contributed by atoms with van der Waals surface area (Å²) in [5.41, 5.74) is 10.2. The van der Waals surface area contributed by atoms with Crippen molar-refractivity contribution in [3.63, 3.8) is 0 Å². The van der Waals surface area contributed by atoms with E-state index in [0.29, 0.717) is 12.5 Å². The number of nitrogens with two attached hydrogens (primary N) is 1. The third-order valence-electron chi connectivity index (χ3n) is 3.30. The second kappa shape index (κ2) is 4.00. The van der Waals surface area contributed by atoms with Crippen LogP contribution in [0, 0.1) is 6.92 Å². The number of aromatic nitrogens is 2. The van der Waals surface area contributed by atoms with E-state index < -0.39 is 0 Å². The second-order valence-electron chi connectivity index (χ2n) is 4.77. The van der Waals surface area contributed by atoms with Crippen molar-refractivity contribution < 1.29 is 0 Å². The van der Waals surface area contributed by atoms with Gasteiger partial charge in [-0.3, -0.25) is 0 Å². The molecule has 17 heavy (non-hydrogen) atoms. The topological polar surface area (TPSA) is 54.7 Å². The minimum absolute atomic E-state index is 0.576. The van der Waals surface area contributed by atoms with Crippen molar-refractivity contribution in [3.05, 3.63) is 41.3 Å². The molecule has 88 valence electrons. The van der Waals surface area contributed by atoms with E-state index in [1.165, 1.54) is 12.8 Å². The summed E-state index contributed by atoms with van der Waals surface area (Å²) in [5.74, 6) is 1.82. The molecule has 3 rings (SSSR count). The fourth-order valence-corrected chi connectivity index (χ4v) is 2.16. The standard InChI is InChI=1S/C14H17N3/c1-9-13(17-14(16-9)11-5-6-11)12-4-2-3-10(7-12)8-15/h2-4,7,11H,5-6,8,15H2,1H3,(H,16,17). The maximum absolute atomic E-state index is 5.67. The van der Waals surface area contributed by atoms with E-state index in [0.717, 1.165) is 28.3 Å². The number of hydrogen-bond acceptors (Lipinski definition) is 2. The second-order valence-corrected chi connectivity index (χ2v) is 4.77. The van der Waals surface area contributed by atoms with E-state index in [9.17, 15) is 0 Å². The van der Waals surface area contributed by atoms with Gasteiger partial charge in [0.1, 0.15) is 5.82 Å². The SMILES string of the molecule is Cc1[nH]c(C2CC2)nc1-c1cccc(CN)c1. The number of imidazole rings is 1. The Hall–Kier alpha value is -1.61. The van der Waals surface area contributed by atoms with Crippen LogP contribution in [0.25, 0.3) is 11.3 Å². The molecule has 3 N–H and O–H groups in total. The number of benzene rings is 1. The molecule has 0 radical (unpaired) electrons. The third-order valence-corrected chi connectivity index (χ3v) is 3.30. The van der Waals surface area contributed by atoms with E-state index in [1.807, 2.05) is 12.1 Å². The first-order valence-electron chi connectivity index (χ1n) is 6.14. The van der Waals surface area contributed by atoms with Gasteiger partial charge in [0, 0.05) is 23.7 Å². The Kier molecular flexibility index (Phi) is 2.48. The minimum atomic E-state index is 0.576. The average Bonchev–Trinajstić information content (AvgIpc) is 3.13. The molecule has 0 bridgehead atoms. The first-order valence-corrected chi connectivity index (χ1v) is 6.14. The fourth-order valence-electron chi connectivity index (χ4n) is 2.16. The van der Waals surface area contributed by atoms with E-state index >= 15 is 0 Å². The van der Waals surface area contributed by atoms with Gasteiger partial charge in [0.05, 0.1) is 5.69 Å². The van der Waals surface area contributed by atoms with Crippen molar-refractivity contribution >= 4 is 0 Å². The van der Waals surface area contributed by atoms with Crippen molar-refractivity contribution in [2.24, 2.45) is 5.73 Å². The molecule has 1 aromatic heterocycles. The Bertz CT molecular complexity index is 538. The average molecular weight is 227 g/mol. The molecule has 1 aliphatic rings. The third kappa shape index (κ3) is 1.98. The molecule has 0 amide bonds. The molecule has 0 saturated heterocycles. The largest absolute Gasteiger partial charge is 0.345 e. The molecule has 0 spiro atoms. The van der Waals surface area contributed by atoms with Crippen LogP contribution in [0.4, 0.5) is 0 Å². The number of hydrogen-bond donors (Lipinski definition) is 2. The normalized spacial score (nSPS) is 15.2.